The van der Waals surface area contributed by atoms with E-state index >= 15 is 0 Å². The van der Waals surface area contributed by atoms with Crippen molar-refractivity contribution >= 4 is 11.5 Å². The maximum atomic E-state index is 4.96. The molecule has 0 amide bonds. The average molecular weight is 116 g/mol. The lowest BCUT2D eigenvalue weighted by Crippen LogP contribution is -1.67. The first kappa shape index (κ1) is 6.54. The van der Waals surface area contributed by atoms with Crippen LogP contribution in [0.4, 0.5) is 0 Å². The van der Waals surface area contributed by atoms with E-state index < -0.39 is 0 Å². The van der Waals surface area contributed by atoms with Crippen molar-refractivity contribution in [2.24, 2.45) is 0 Å². The van der Waals surface area contributed by atoms with Crippen molar-refractivity contribution in [2.75, 3.05) is 0 Å². The molecule has 0 atom stereocenters. The molecule has 0 bridgehead atoms. The maximum Gasteiger partial charge on any atom is 0.114 e. The molecule has 0 aliphatic heterocycles. The lowest BCUT2D eigenvalue weighted by Gasteiger charge is -1.88. The summed E-state index contributed by atoms with van der Waals surface area (Å²) in [4.78, 5) is 0. The van der Waals surface area contributed by atoms with E-state index in [1.54, 1.807) is 0 Å². The fourth-order valence-corrected chi connectivity index (χ4v) is 0.372. The van der Waals surface area contributed by atoms with Crippen LogP contribution in [0.2, 0.25) is 0 Å². The summed E-state index contributed by atoms with van der Waals surface area (Å²) >= 11 is 0.866. The van der Waals surface area contributed by atoms with Gasteiger partial charge in [0.05, 0.1) is 11.5 Å². The van der Waals surface area contributed by atoms with Gasteiger partial charge in [-0.3, -0.25) is 0 Å². The number of allylic oxidation sites excluding steroid dienone is 2. The third kappa shape index (κ3) is 3.37. The molecule has 0 N–H and O–H groups in total. The Kier molecular flexibility index (Phi) is 3.48. The number of hydrogen-bond donors (Lipinski definition) is 0. The summed E-state index contributed by atoms with van der Waals surface area (Å²) in [5.41, 5.74) is 4.96. The van der Waals surface area contributed by atoms with Gasteiger partial charge in [0.1, 0.15) is 5.76 Å². The topological polar surface area (TPSA) is 9.23 Å². The van der Waals surface area contributed by atoms with Crippen LogP contribution >= 0.6 is 11.5 Å². The summed E-state index contributed by atoms with van der Waals surface area (Å²) in [7, 11) is 0. The predicted octanol–water partition coefficient (Wildman–Crippen LogP) is 2.16. The van der Waals surface area contributed by atoms with Crippen molar-refractivity contribution in [3.63, 3.8) is 0 Å². The highest BCUT2D eigenvalue weighted by Crippen LogP contribution is 1.97. The summed E-state index contributed by atoms with van der Waals surface area (Å²) in [6.45, 7) is 3.74. The average Bonchev–Trinajstić information content (AvgIpc) is 1.68. The highest BCUT2D eigenvalue weighted by atomic mass is 32.1. The lowest BCUT2D eigenvalue weighted by molar-refractivity contribution is 0.508. The highest BCUT2D eigenvalue weighted by molar-refractivity contribution is 7.83. The second kappa shape index (κ2) is 3.72. The van der Waals surface area contributed by atoms with Crippen LogP contribution < -0.4 is 0 Å². The summed E-state index contributed by atoms with van der Waals surface area (Å²) < 4.78 is 4.75. The van der Waals surface area contributed by atoms with Crippen LogP contribution in [0.15, 0.2) is 11.8 Å². The Hall–Kier alpha value is -0.460. The molecule has 0 aromatic rings. The van der Waals surface area contributed by atoms with E-state index in [2.05, 4.69) is 0 Å². The number of hydrogen-bond acceptors (Lipinski definition) is 1. The van der Waals surface area contributed by atoms with E-state index in [4.69, 9.17) is 9.87 Å². The molecule has 0 fully saturated rings. The Bertz CT molecular complexity index is 110. The summed E-state index contributed by atoms with van der Waals surface area (Å²) in [5.74, 6) is 0.840. The van der Waals surface area contributed by atoms with E-state index in [0.29, 0.717) is 0 Å². The minimum Gasteiger partial charge on any atom is -0.399 e. The molecule has 0 heterocycles. The van der Waals surface area contributed by atoms with Gasteiger partial charge < -0.3 is 4.18 Å². The number of rotatable bonds is 1. The maximum absolute atomic E-state index is 4.96. The van der Waals surface area contributed by atoms with Crippen molar-refractivity contribution in [2.45, 2.75) is 13.8 Å². The van der Waals surface area contributed by atoms with Gasteiger partial charge in [-0.1, -0.05) is 5.69 Å². The van der Waals surface area contributed by atoms with Gasteiger partial charge in [-0.25, -0.2) is 0 Å². The zero-order valence-electron chi connectivity index (χ0n) is 4.47. The Morgan fingerprint density at radius 1 is 1.86 bits per heavy atom. The van der Waals surface area contributed by atoms with Crippen molar-refractivity contribution in [3.05, 3.63) is 11.8 Å². The fourth-order valence-electron chi connectivity index (χ4n) is 0.124. The van der Waals surface area contributed by atoms with Crippen LogP contribution in [0.3, 0.4) is 0 Å². The van der Waals surface area contributed by atoms with Crippen LogP contribution in [0.5, 0.6) is 0 Å². The minimum absolute atomic E-state index is 0.840. The van der Waals surface area contributed by atoms with E-state index in [1.807, 2.05) is 19.9 Å². The fraction of sp³-hybridized carbons (Fsp3) is 0.400. The van der Waals surface area contributed by atoms with Gasteiger partial charge >= 0.3 is 0 Å². The van der Waals surface area contributed by atoms with Crippen molar-refractivity contribution in [1.29, 1.82) is 0 Å². The van der Waals surface area contributed by atoms with Crippen molar-refractivity contribution in [1.82, 2.24) is 0 Å². The molecule has 0 saturated heterocycles. The summed E-state index contributed by atoms with van der Waals surface area (Å²) in [5, 5.41) is 0. The third-order valence-corrected chi connectivity index (χ3v) is 0.945. The third-order valence-electron chi connectivity index (χ3n) is 0.586. The molecule has 0 aliphatic carbocycles. The smallest absolute Gasteiger partial charge is 0.114 e. The molecule has 0 aromatic heterocycles. The van der Waals surface area contributed by atoms with Crippen LogP contribution in [0.1, 0.15) is 13.8 Å². The molecule has 0 unspecified atom stereocenters. The first-order chi connectivity index (χ1) is 3.31. The molecule has 1 nitrogen and oxygen atoms in total. The standard InChI is InChI=1S/C5H8OS/c1-4-5(2)6-7-3/h3-4H,1-2H3/b5-4+. The van der Waals surface area contributed by atoms with E-state index in [-0.39, 0.29) is 0 Å². The van der Waals surface area contributed by atoms with Gasteiger partial charge in [0.15, 0.2) is 0 Å². The molecule has 2 heteroatoms. The molecule has 7 heavy (non-hydrogen) atoms. The molecule has 0 saturated carbocycles. The molecule has 0 rings (SSSR count). The lowest BCUT2D eigenvalue weighted by atomic mass is 10.5. The zero-order valence-corrected chi connectivity index (χ0v) is 5.29. The zero-order chi connectivity index (χ0) is 5.70. The normalized spacial score (nSPS) is 10.7. The van der Waals surface area contributed by atoms with Crippen molar-refractivity contribution < 1.29 is 4.18 Å². The van der Waals surface area contributed by atoms with Gasteiger partial charge in [0.25, 0.3) is 0 Å². The molecular formula is C5H8OS. The molecular weight excluding hydrogens is 108 g/mol. The molecule has 0 aromatic carbocycles. The van der Waals surface area contributed by atoms with Crippen LogP contribution in [0, 0.1) is 5.69 Å². The van der Waals surface area contributed by atoms with Gasteiger partial charge in [-0.15, -0.1) is 0 Å². The molecule has 0 aliphatic rings. The molecule has 0 radical (unpaired) electrons. The first-order valence-corrected chi connectivity index (χ1v) is 2.78. The largest absolute Gasteiger partial charge is 0.399 e. The van der Waals surface area contributed by atoms with E-state index in [9.17, 15) is 0 Å². The Morgan fingerprint density at radius 2 is 2.43 bits per heavy atom. The van der Waals surface area contributed by atoms with Gasteiger partial charge in [-0.2, -0.15) is 0 Å². The minimum atomic E-state index is 0.840. The highest BCUT2D eigenvalue weighted by Gasteiger charge is 1.76. The molecule has 0 spiro atoms. The van der Waals surface area contributed by atoms with E-state index in [0.717, 1.165) is 17.2 Å². The summed E-state index contributed by atoms with van der Waals surface area (Å²) in [6, 6.07) is 0. The summed E-state index contributed by atoms with van der Waals surface area (Å²) in [6.07, 6.45) is 1.85. The van der Waals surface area contributed by atoms with Crippen LogP contribution in [-0.4, -0.2) is 0 Å². The van der Waals surface area contributed by atoms with Gasteiger partial charge in [-0.05, 0) is 19.9 Å². The Balaban J connectivity index is 3.43. The molecule has 40 valence electrons. The Labute approximate surface area is 47.8 Å². The SMILES string of the molecule is C#SO/C(C)=C/C. The van der Waals surface area contributed by atoms with Crippen LogP contribution in [0.25, 0.3) is 0 Å². The van der Waals surface area contributed by atoms with Gasteiger partial charge in [0.2, 0.25) is 0 Å². The quantitative estimate of drug-likeness (QED) is 0.377. The predicted molar refractivity (Wildman–Crippen MR) is 33.1 cm³/mol. The van der Waals surface area contributed by atoms with Crippen LogP contribution in [-0.2, 0) is 4.18 Å². The monoisotopic (exact) mass is 116 g/mol. The first-order valence-electron chi connectivity index (χ1n) is 1.97. The second-order valence-electron chi connectivity index (χ2n) is 1.08. The Morgan fingerprint density at radius 3 is 2.57 bits per heavy atom. The van der Waals surface area contributed by atoms with Crippen molar-refractivity contribution in [3.8, 4) is 5.69 Å². The van der Waals surface area contributed by atoms with E-state index in [1.165, 1.54) is 0 Å². The second-order valence-corrected chi connectivity index (χ2v) is 1.44. The van der Waals surface area contributed by atoms with Gasteiger partial charge in [0, 0.05) is 0 Å².